The molecule has 3 amide bonds. The van der Waals surface area contributed by atoms with Crippen LogP contribution in [0.5, 0.6) is 0 Å². The van der Waals surface area contributed by atoms with Crippen LogP contribution in [0.25, 0.3) is 0 Å². The van der Waals surface area contributed by atoms with Crippen LogP contribution in [-0.2, 0) is 4.79 Å². The van der Waals surface area contributed by atoms with Crippen LogP contribution in [0.15, 0.2) is 0 Å². The Balaban J connectivity index is 2.94. The topological polar surface area (TPSA) is 49.4 Å². The van der Waals surface area contributed by atoms with Crippen molar-refractivity contribution in [3.63, 3.8) is 0 Å². The minimum absolute atomic E-state index is 0.0686. The minimum atomic E-state index is -0.693. The number of imide groups is 1. The van der Waals surface area contributed by atoms with Gasteiger partial charge in [-0.05, 0) is 27.2 Å². The van der Waals surface area contributed by atoms with Gasteiger partial charge in [0.2, 0.25) is 0 Å². The molecule has 1 aliphatic rings. The second-order valence-electron chi connectivity index (χ2n) is 3.88. The summed E-state index contributed by atoms with van der Waals surface area (Å²) in [5.74, 6) is -0.116. The zero-order valence-corrected chi connectivity index (χ0v) is 8.55. The average molecular weight is 184 g/mol. The van der Waals surface area contributed by atoms with Crippen LogP contribution in [0.1, 0.15) is 34.1 Å². The van der Waals surface area contributed by atoms with E-state index in [2.05, 4.69) is 5.32 Å². The first-order valence-corrected chi connectivity index (χ1v) is 4.58. The van der Waals surface area contributed by atoms with Gasteiger partial charge in [-0.2, -0.15) is 0 Å². The molecule has 0 aromatic rings. The molecule has 1 saturated heterocycles. The van der Waals surface area contributed by atoms with E-state index in [1.165, 1.54) is 4.90 Å². The Kier molecular flexibility index (Phi) is 2.32. The zero-order chi connectivity index (χ0) is 10.2. The Bertz CT molecular complexity index is 250. The summed E-state index contributed by atoms with van der Waals surface area (Å²) in [6, 6.07) is -0.342. The molecule has 4 nitrogen and oxygen atoms in total. The van der Waals surface area contributed by atoms with Gasteiger partial charge in [0.15, 0.2) is 0 Å². The monoisotopic (exact) mass is 184 g/mol. The minimum Gasteiger partial charge on any atom is -0.323 e. The highest BCUT2D eigenvalue weighted by atomic mass is 16.2. The molecule has 1 fully saturated rings. The van der Waals surface area contributed by atoms with Crippen molar-refractivity contribution >= 4 is 11.9 Å². The largest absolute Gasteiger partial charge is 0.325 e. The van der Waals surface area contributed by atoms with Gasteiger partial charge in [-0.1, -0.05) is 6.92 Å². The number of hydrogen-bond donors (Lipinski definition) is 1. The second kappa shape index (κ2) is 3.01. The molecule has 0 aromatic carbocycles. The normalized spacial score (nSPS) is 28.5. The maximum atomic E-state index is 11.8. The zero-order valence-electron chi connectivity index (χ0n) is 8.55. The van der Waals surface area contributed by atoms with Crippen molar-refractivity contribution in [2.75, 3.05) is 0 Å². The predicted molar refractivity (Wildman–Crippen MR) is 49.2 cm³/mol. The van der Waals surface area contributed by atoms with Gasteiger partial charge in [-0.25, -0.2) is 4.79 Å². The highest BCUT2D eigenvalue weighted by molar-refractivity contribution is 6.06. The fourth-order valence-corrected chi connectivity index (χ4v) is 1.42. The number of urea groups is 1. The SMILES string of the molecule is CCC1(C)NC(=O)N(C(C)C)C1=O. The number of rotatable bonds is 2. The van der Waals surface area contributed by atoms with E-state index in [1.54, 1.807) is 6.92 Å². The van der Waals surface area contributed by atoms with Crippen LogP contribution in [0.3, 0.4) is 0 Å². The van der Waals surface area contributed by atoms with Crippen LogP contribution in [0.2, 0.25) is 0 Å². The van der Waals surface area contributed by atoms with Gasteiger partial charge in [0.05, 0.1) is 0 Å². The molecule has 1 N–H and O–H groups in total. The molecular weight excluding hydrogens is 168 g/mol. The summed E-state index contributed by atoms with van der Waals surface area (Å²) in [7, 11) is 0. The van der Waals surface area contributed by atoms with Crippen LogP contribution in [0, 0.1) is 0 Å². The third-order valence-corrected chi connectivity index (χ3v) is 2.52. The molecule has 13 heavy (non-hydrogen) atoms. The first kappa shape index (κ1) is 10.0. The second-order valence-corrected chi connectivity index (χ2v) is 3.88. The lowest BCUT2D eigenvalue weighted by atomic mass is 9.99. The third kappa shape index (κ3) is 1.41. The number of nitrogens with one attached hydrogen (secondary N) is 1. The van der Waals surface area contributed by atoms with E-state index in [4.69, 9.17) is 0 Å². The molecule has 1 heterocycles. The van der Waals surface area contributed by atoms with Crippen molar-refractivity contribution in [2.24, 2.45) is 0 Å². The van der Waals surface area contributed by atoms with Gasteiger partial charge >= 0.3 is 6.03 Å². The molecule has 0 aromatic heterocycles. The summed E-state index contributed by atoms with van der Waals surface area (Å²) in [5.41, 5.74) is -0.693. The molecule has 4 heteroatoms. The van der Waals surface area contributed by atoms with Gasteiger partial charge in [-0.15, -0.1) is 0 Å². The Morgan fingerprint density at radius 3 is 2.23 bits per heavy atom. The third-order valence-electron chi connectivity index (χ3n) is 2.52. The van der Waals surface area contributed by atoms with E-state index in [1.807, 2.05) is 20.8 Å². The highest BCUT2D eigenvalue weighted by Gasteiger charge is 2.47. The number of nitrogens with zero attached hydrogens (tertiary/aromatic N) is 1. The molecular formula is C9H16N2O2. The molecule has 1 unspecified atom stereocenters. The smallest absolute Gasteiger partial charge is 0.323 e. The van der Waals surface area contributed by atoms with Gasteiger partial charge in [0, 0.05) is 6.04 Å². The van der Waals surface area contributed by atoms with Crippen molar-refractivity contribution in [2.45, 2.75) is 45.7 Å². The lowest BCUT2D eigenvalue weighted by Crippen LogP contribution is -2.43. The molecule has 1 aliphatic heterocycles. The summed E-state index contributed by atoms with van der Waals surface area (Å²) >= 11 is 0. The maximum absolute atomic E-state index is 11.8. The van der Waals surface area contributed by atoms with Crippen molar-refractivity contribution < 1.29 is 9.59 Å². The Labute approximate surface area is 78.3 Å². The first-order valence-electron chi connectivity index (χ1n) is 4.58. The molecule has 0 saturated carbocycles. The Hall–Kier alpha value is -1.06. The molecule has 0 bridgehead atoms. The van der Waals surface area contributed by atoms with Crippen LogP contribution >= 0.6 is 0 Å². The fourth-order valence-electron chi connectivity index (χ4n) is 1.42. The predicted octanol–water partition coefficient (Wildman–Crippen LogP) is 1.12. The van der Waals surface area contributed by atoms with E-state index in [0.717, 1.165) is 0 Å². The fraction of sp³-hybridized carbons (Fsp3) is 0.778. The van der Waals surface area contributed by atoms with E-state index in [-0.39, 0.29) is 18.0 Å². The van der Waals surface area contributed by atoms with Gasteiger partial charge in [-0.3, -0.25) is 9.69 Å². The number of amides is 3. The first-order chi connectivity index (χ1) is 5.92. The lowest BCUT2D eigenvalue weighted by Gasteiger charge is -2.21. The van der Waals surface area contributed by atoms with E-state index < -0.39 is 5.54 Å². The van der Waals surface area contributed by atoms with E-state index in [9.17, 15) is 9.59 Å². The molecule has 0 spiro atoms. The van der Waals surface area contributed by atoms with Crippen LogP contribution in [-0.4, -0.2) is 28.4 Å². The summed E-state index contributed by atoms with van der Waals surface area (Å²) < 4.78 is 0. The number of carbonyl (C=O) groups is 2. The summed E-state index contributed by atoms with van der Waals surface area (Å²) in [5, 5.41) is 2.70. The summed E-state index contributed by atoms with van der Waals surface area (Å²) in [6.45, 7) is 7.31. The molecule has 1 atom stereocenters. The number of carbonyl (C=O) groups excluding carboxylic acids is 2. The van der Waals surface area contributed by atoms with E-state index >= 15 is 0 Å². The number of hydrogen-bond acceptors (Lipinski definition) is 2. The van der Waals surface area contributed by atoms with Crippen LogP contribution < -0.4 is 5.32 Å². The summed E-state index contributed by atoms with van der Waals surface area (Å²) in [6.07, 6.45) is 0.626. The van der Waals surface area contributed by atoms with Gasteiger partial charge in [0.25, 0.3) is 5.91 Å². The van der Waals surface area contributed by atoms with Crippen molar-refractivity contribution in [1.82, 2.24) is 10.2 Å². The maximum Gasteiger partial charge on any atom is 0.325 e. The van der Waals surface area contributed by atoms with Crippen molar-refractivity contribution in [1.29, 1.82) is 0 Å². The average Bonchev–Trinajstić information content (AvgIpc) is 2.24. The van der Waals surface area contributed by atoms with Crippen molar-refractivity contribution in [3.8, 4) is 0 Å². The standard InChI is InChI=1S/C9H16N2O2/c1-5-9(4)7(12)11(6(2)3)8(13)10-9/h6H,5H2,1-4H3,(H,10,13). The quantitative estimate of drug-likeness (QED) is 0.654. The van der Waals surface area contributed by atoms with Gasteiger partial charge in [0.1, 0.15) is 5.54 Å². The Morgan fingerprint density at radius 2 is 2.00 bits per heavy atom. The highest BCUT2D eigenvalue weighted by Crippen LogP contribution is 2.22. The molecule has 0 radical (unpaired) electrons. The van der Waals surface area contributed by atoms with Gasteiger partial charge < -0.3 is 5.32 Å². The molecule has 1 rings (SSSR count). The molecule has 0 aliphatic carbocycles. The Morgan fingerprint density at radius 1 is 1.46 bits per heavy atom. The van der Waals surface area contributed by atoms with Crippen LogP contribution in [0.4, 0.5) is 4.79 Å². The summed E-state index contributed by atoms with van der Waals surface area (Å²) in [4.78, 5) is 24.4. The van der Waals surface area contributed by atoms with Crippen molar-refractivity contribution in [3.05, 3.63) is 0 Å². The molecule has 74 valence electrons. The van der Waals surface area contributed by atoms with E-state index in [0.29, 0.717) is 6.42 Å². The lowest BCUT2D eigenvalue weighted by molar-refractivity contribution is -0.131.